The first-order chi connectivity index (χ1) is 13.1. The fraction of sp³-hybridized carbons (Fsp3) is 0.263. The minimum atomic E-state index is -3.77. The standard InChI is InChI=1S/C19H17F2N3O3S/c1-19(2)15(10-6-8-11(9-7-10)28(22,25)26)16(19)18-23-17(24-27-18)14-12(20)4-3-5-13(14)21/h3-9,15-16H,1-2H3,(H2,22,25,26)/t15-,16+/m1/s1. The van der Waals surface area contributed by atoms with Crippen LogP contribution in [0.15, 0.2) is 51.9 Å². The summed E-state index contributed by atoms with van der Waals surface area (Å²) < 4.78 is 56.1. The summed E-state index contributed by atoms with van der Waals surface area (Å²) in [7, 11) is -3.77. The average Bonchev–Trinajstić information content (AvgIpc) is 2.95. The quantitative estimate of drug-likeness (QED) is 0.715. The number of hydrogen-bond donors (Lipinski definition) is 1. The molecule has 0 saturated heterocycles. The Hall–Kier alpha value is -2.65. The van der Waals surface area contributed by atoms with Crippen molar-refractivity contribution in [2.75, 3.05) is 0 Å². The van der Waals surface area contributed by atoms with E-state index >= 15 is 0 Å². The van der Waals surface area contributed by atoms with E-state index in [4.69, 9.17) is 9.66 Å². The Labute approximate surface area is 160 Å². The van der Waals surface area contributed by atoms with Gasteiger partial charge in [-0.05, 0) is 35.2 Å². The van der Waals surface area contributed by atoms with E-state index in [-0.39, 0.29) is 39.4 Å². The van der Waals surface area contributed by atoms with E-state index in [9.17, 15) is 17.2 Å². The Balaban J connectivity index is 1.65. The predicted molar refractivity (Wildman–Crippen MR) is 96.7 cm³/mol. The molecule has 2 N–H and O–H groups in total. The third-order valence-corrected chi connectivity index (χ3v) is 6.22. The van der Waals surface area contributed by atoms with Crippen molar-refractivity contribution in [1.82, 2.24) is 10.1 Å². The number of hydrogen-bond acceptors (Lipinski definition) is 5. The Morgan fingerprint density at radius 1 is 1.04 bits per heavy atom. The molecule has 9 heteroatoms. The molecule has 1 aromatic heterocycles. The maximum atomic E-state index is 14.0. The monoisotopic (exact) mass is 405 g/mol. The molecule has 0 bridgehead atoms. The normalized spacial score (nSPS) is 20.9. The Bertz CT molecular complexity index is 1140. The van der Waals surface area contributed by atoms with Crippen LogP contribution in [0.2, 0.25) is 0 Å². The van der Waals surface area contributed by atoms with Gasteiger partial charge in [-0.15, -0.1) is 0 Å². The van der Waals surface area contributed by atoms with Crippen molar-refractivity contribution < 1.29 is 21.7 Å². The van der Waals surface area contributed by atoms with E-state index in [0.717, 1.165) is 17.7 Å². The zero-order chi connectivity index (χ0) is 20.3. The minimum absolute atomic E-state index is 0.0132. The highest BCUT2D eigenvalue weighted by Crippen LogP contribution is 2.69. The van der Waals surface area contributed by atoms with Gasteiger partial charge in [-0.25, -0.2) is 22.3 Å². The fourth-order valence-corrected chi connectivity index (χ4v) is 4.28. The Morgan fingerprint density at radius 3 is 2.21 bits per heavy atom. The Kier molecular flexibility index (Phi) is 4.13. The highest BCUT2D eigenvalue weighted by atomic mass is 32.2. The molecular weight excluding hydrogens is 388 g/mol. The summed E-state index contributed by atoms with van der Waals surface area (Å²) in [5, 5.41) is 8.88. The molecule has 0 radical (unpaired) electrons. The van der Waals surface area contributed by atoms with E-state index in [2.05, 4.69) is 10.1 Å². The van der Waals surface area contributed by atoms with Crippen molar-refractivity contribution in [2.45, 2.75) is 30.6 Å². The summed E-state index contributed by atoms with van der Waals surface area (Å²) in [4.78, 5) is 4.25. The third-order valence-electron chi connectivity index (χ3n) is 5.29. The molecule has 2 atom stereocenters. The molecule has 0 unspecified atom stereocenters. The topological polar surface area (TPSA) is 99.1 Å². The van der Waals surface area contributed by atoms with Crippen LogP contribution in [0.25, 0.3) is 11.4 Å². The van der Waals surface area contributed by atoms with Crippen LogP contribution < -0.4 is 5.14 Å². The predicted octanol–water partition coefficient (Wildman–Crippen LogP) is 3.57. The summed E-state index contributed by atoms with van der Waals surface area (Å²) in [5.74, 6) is -1.57. The van der Waals surface area contributed by atoms with E-state index < -0.39 is 21.7 Å². The van der Waals surface area contributed by atoms with Crippen LogP contribution in [0.1, 0.15) is 37.1 Å². The number of nitrogens with zero attached hydrogens (tertiary/aromatic N) is 2. The van der Waals surface area contributed by atoms with Gasteiger partial charge in [0.15, 0.2) is 0 Å². The second-order valence-electron chi connectivity index (χ2n) is 7.44. The highest BCUT2D eigenvalue weighted by molar-refractivity contribution is 7.89. The molecule has 1 heterocycles. The number of nitrogens with two attached hydrogens (primary N) is 1. The van der Waals surface area contributed by atoms with Crippen molar-refractivity contribution >= 4 is 10.0 Å². The first-order valence-corrected chi connectivity index (χ1v) is 10.1. The van der Waals surface area contributed by atoms with Crippen molar-refractivity contribution in [3.8, 4) is 11.4 Å². The number of halogens is 2. The zero-order valence-electron chi connectivity index (χ0n) is 15.1. The summed E-state index contributed by atoms with van der Waals surface area (Å²) in [6.45, 7) is 4.01. The summed E-state index contributed by atoms with van der Waals surface area (Å²) >= 11 is 0. The van der Waals surface area contributed by atoms with Gasteiger partial charge in [-0.2, -0.15) is 4.98 Å². The van der Waals surface area contributed by atoms with E-state index in [1.807, 2.05) is 13.8 Å². The fourth-order valence-electron chi connectivity index (χ4n) is 3.76. The number of aromatic nitrogens is 2. The van der Waals surface area contributed by atoms with Crippen LogP contribution in [0.4, 0.5) is 8.78 Å². The number of benzene rings is 2. The molecule has 1 saturated carbocycles. The lowest BCUT2D eigenvalue weighted by molar-refractivity contribution is 0.367. The molecule has 0 spiro atoms. The number of sulfonamides is 1. The van der Waals surface area contributed by atoms with E-state index in [1.54, 1.807) is 12.1 Å². The third kappa shape index (κ3) is 3.00. The van der Waals surface area contributed by atoms with Crippen molar-refractivity contribution in [3.63, 3.8) is 0 Å². The van der Waals surface area contributed by atoms with Crippen LogP contribution in [-0.4, -0.2) is 18.6 Å². The Morgan fingerprint density at radius 2 is 1.64 bits per heavy atom. The molecule has 0 amide bonds. The second kappa shape index (κ2) is 6.18. The van der Waals surface area contributed by atoms with Gasteiger partial charge in [-0.3, -0.25) is 0 Å². The molecule has 3 aromatic rings. The molecule has 2 aromatic carbocycles. The lowest BCUT2D eigenvalue weighted by atomic mass is 10.0. The summed E-state index contributed by atoms with van der Waals surface area (Å²) in [6.07, 6.45) is 0. The summed E-state index contributed by atoms with van der Waals surface area (Å²) in [5.41, 5.74) is 0.310. The molecule has 1 aliphatic carbocycles. The maximum absolute atomic E-state index is 14.0. The van der Waals surface area contributed by atoms with Crippen molar-refractivity contribution in [3.05, 3.63) is 65.6 Å². The van der Waals surface area contributed by atoms with Crippen LogP contribution >= 0.6 is 0 Å². The van der Waals surface area contributed by atoms with Gasteiger partial charge < -0.3 is 4.52 Å². The summed E-state index contributed by atoms with van der Waals surface area (Å²) in [6, 6.07) is 9.81. The molecule has 4 rings (SSSR count). The first kappa shape index (κ1) is 18.7. The van der Waals surface area contributed by atoms with E-state index in [1.165, 1.54) is 18.2 Å². The largest absolute Gasteiger partial charge is 0.339 e. The first-order valence-electron chi connectivity index (χ1n) is 8.51. The van der Waals surface area contributed by atoms with Crippen LogP contribution in [-0.2, 0) is 10.0 Å². The molecule has 0 aliphatic heterocycles. The molecule has 1 aliphatic rings. The number of primary sulfonamides is 1. The van der Waals surface area contributed by atoms with Crippen molar-refractivity contribution in [2.24, 2.45) is 10.6 Å². The van der Waals surface area contributed by atoms with Gasteiger partial charge in [0, 0.05) is 5.92 Å². The minimum Gasteiger partial charge on any atom is -0.339 e. The lowest BCUT2D eigenvalue weighted by Crippen LogP contribution is -2.11. The molecule has 28 heavy (non-hydrogen) atoms. The van der Waals surface area contributed by atoms with Gasteiger partial charge in [-0.1, -0.05) is 37.2 Å². The van der Waals surface area contributed by atoms with Gasteiger partial charge in [0.1, 0.15) is 11.6 Å². The van der Waals surface area contributed by atoms with Gasteiger partial charge in [0.25, 0.3) is 0 Å². The molecule has 6 nitrogen and oxygen atoms in total. The second-order valence-corrected chi connectivity index (χ2v) is 9.01. The van der Waals surface area contributed by atoms with Gasteiger partial charge >= 0.3 is 0 Å². The molecule has 1 fully saturated rings. The SMILES string of the molecule is CC1(C)[C@H](c2ccc(S(N)(=O)=O)cc2)[C@H]1c1nc(-c2c(F)cccc2F)no1. The lowest BCUT2D eigenvalue weighted by Gasteiger charge is -2.04. The van der Waals surface area contributed by atoms with Gasteiger partial charge in [0.2, 0.25) is 21.7 Å². The zero-order valence-corrected chi connectivity index (χ0v) is 15.9. The number of rotatable bonds is 4. The van der Waals surface area contributed by atoms with Crippen LogP contribution in [0, 0.1) is 17.0 Å². The van der Waals surface area contributed by atoms with E-state index in [0.29, 0.717) is 0 Å². The smallest absolute Gasteiger partial charge is 0.238 e. The average molecular weight is 405 g/mol. The van der Waals surface area contributed by atoms with Crippen molar-refractivity contribution in [1.29, 1.82) is 0 Å². The van der Waals surface area contributed by atoms with Gasteiger partial charge in [0.05, 0.1) is 16.4 Å². The molecular formula is C19H17F2N3O3S. The van der Waals surface area contributed by atoms with Crippen LogP contribution in [0.3, 0.4) is 0 Å². The molecule has 146 valence electrons. The van der Waals surface area contributed by atoms with Crippen LogP contribution in [0.5, 0.6) is 0 Å². The maximum Gasteiger partial charge on any atom is 0.238 e. The highest BCUT2D eigenvalue weighted by Gasteiger charge is 2.62.